The molecule has 42 heteroatoms. The third kappa shape index (κ3) is 27.7. The SMILES string of the molecule is CC(=O)N1CCC(=O)CC1.CC(=O)N1CCC(O)CC1.CC(=O)N1CCC(OS(C)(=O)=O)CC1.CC(=O)N1CCC(n2cc(C=O)cn2)CC1.CC(=O)N1CCC(n2cc(CNc3cccc4c3C(=O)N(C3CCC(=O)NC3=O)C4=O)cn2)CC1.CS(=O)(=O)Cl.Nc1cccc2c1C(=O)N(C1CCC(=O)NC1=O)C2=O.O=Cc1cn[nH]c1. The molecule has 117 heavy (non-hydrogen) atoms. The Kier molecular flexibility index (Phi) is 34.2. The highest BCUT2D eigenvalue weighted by atomic mass is 35.7. The van der Waals surface area contributed by atoms with E-state index in [1.807, 2.05) is 25.4 Å². The lowest BCUT2D eigenvalue weighted by Gasteiger charge is -2.31. The lowest BCUT2D eigenvalue weighted by molar-refractivity contribution is -0.137. The summed E-state index contributed by atoms with van der Waals surface area (Å²) in [6, 6.07) is 8.15. The summed E-state index contributed by atoms with van der Waals surface area (Å²) in [6.45, 7) is 15.0. The minimum Gasteiger partial charge on any atom is -0.398 e. The molecule has 0 radical (unpaired) electrons. The topological polar surface area (TPSA) is 520 Å². The number of H-pyrrole nitrogens is 1. The molecule has 0 spiro atoms. The Balaban J connectivity index is 0.000000199. The number of nitrogens with two attached hydrogens (primary N) is 1. The van der Waals surface area contributed by atoms with E-state index < -0.39 is 78.5 Å². The van der Waals surface area contributed by atoms with Crippen LogP contribution in [0.25, 0.3) is 0 Å². The first kappa shape index (κ1) is 92.9. The fourth-order valence-corrected chi connectivity index (χ4v) is 14.4. The molecule has 7 N–H and O–H groups in total. The van der Waals surface area contributed by atoms with Crippen molar-refractivity contribution in [2.24, 2.45) is 0 Å². The zero-order chi connectivity index (χ0) is 86.2. The molecule has 634 valence electrons. The van der Waals surface area contributed by atoms with Crippen LogP contribution in [0, 0.1) is 0 Å². The summed E-state index contributed by atoms with van der Waals surface area (Å²) in [5.74, 6) is -3.56. The van der Waals surface area contributed by atoms with Gasteiger partial charge in [0.1, 0.15) is 17.9 Å². The van der Waals surface area contributed by atoms with Crippen LogP contribution < -0.4 is 21.7 Å². The highest BCUT2D eigenvalue weighted by Crippen LogP contribution is 2.34. The van der Waals surface area contributed by atoms with E-state index in [9.17, 15) is 93.5 Å². The third-order valence-corrected chi connectivity index (χ3v) is 20.6. The molecular weight excluding hydrogens is 1590 g/mol. The van der Waals surface area contributed by atoms with Crippen molar-refractivity contribution in [2.45, 2.75) is 167 Å². The van der Waals surface area contributed by atoms with Crippen molar-refractivity contribution >= 4 is 136 Å². The molecule has 0 bridgehead atoms. The van der Waals surface area contributed by atoms with Gasteiger partial charge in [-0.1, -0.05) is 12.1 Å². The van der Waals surface area contributed by atoms with Crippen molar-refractivity contribution in [3.63, 3.8) is 0 Å². The number of anilines is 2. The molecule has 3 aromatic heterocycles. The number of hydrogen-bond acceptors (Lipinski definition) is 27. The number of nitrogens with zero attached hydrogens (tertiary/aromatic N) is 12. The average molecular weight is 1690 g/mol. The van der Waals surface area contributed by atoms with Gasteiger partial charge in [-0.05, 0) is 88.5 Å². The summed E-state index contributed by atoms with van der Waals surface area (Å²) in [4.78, 5) is 194. The Labute approximate surface area is 679 Å². The van der Waals surface area contributed by atoms with Crippen LogP contribution in [0.1, 0.15) is 204 Å². The van der Waals surface area contributed by atoms with E-state index in [0.29, 0.717) is 94.4 Å². The number of likely N-dealkylation sites (tertiary alicyclic amines) is 5. The van der Waals surface area contributed by atoms with E-state index in [-0.39, 0.29) is 107 Å². The number of amides is 13. The summed E-state index contributed by atoms with van der Waals surface area (Å²) < 4.78 is 49.0. The van der Waals surface area contributed by atoms with E-state index in [2.05, 4.69) is 47.0 Å². The fraction of sp³-hybridized carbons (Fsp3) is 0.507. The van der Waals surface area contributed by atoms with Gasteiger partial charge < -0.3 is 40.7 Å². The molecule has 2 aromatic carbocycles. The first-order valence-electron chi connectivity index (χ1n) is 37.7. The Morgan fingerprint density at radius 3 is 1.35 bits per heavy atom. The predicted octanol–water partition coefficient (Wildman–Crippen LogP) is 2.20. The van der Waals surface area contributed by atoms with Gasteiger partial charge in [0.05, 0.1) is 88.8 Å². The van der Waals surface area contributed by atoms with Crippen LogP contribution in [0.3, 0.4) is 0 Å². The van der Waals surface area contributed by atoms with Crippen LogP contribution in [0.2, 0.25) is 0 Å². The van der Waals surface area contributed by atoms with Gasteiger partial charge in [-0.3, -0.25) is 116 Å². The number of halogens is 1. The zero-order valence-corrected chi connectivity index (χ0v) is 68.3. The van der Waals surface area contributed by atoms with Crippen LogP contribution in [-0.4, -0.2) is 283 Å². The maximum absolute atomic E-state index is 13.2. The standard InChI is InChI=1S/C24H26N6O5.C13H11N3O4.C11H15N3O2.C8H15NO4S.C7H13NO2.C7H11NO2.C4H4N2O.CH3ClO2S/c1-14(31)28-9-7-16(8-10-28)29-13-15(12-26-29)11-25-18-4-2-3-17-21(18)24(35)30(23(17)34)19-5-6-20(32)27-22(19)33;14-7-3-1-2-6-10(7)13(20)16(12(6)19)8-4-5-9(17)15-11(8)18;1-9(16)13-4-2-11(3-5-13)14-7-10(8-15)6-12-14;1-7(10)9-5-3-8(4-6-9)13-14(2,11)12;2*1-6(9)8-4-2-7(10)3-5-8;7-3-4-1-5-6-2-4;1-5(2,3)4/h2-4,12-13,16,19,25H,5-11H2,1H3,(H,27,32,33);1-3,8H,4-5,14H2,(H,15,17,18);6-8,11H,2-5H2,1H3;8H,3-6H2,1-2H3;7,10H,2-5H2,1H3;2-5H2,1H3;1-3H,(H,5,6);1H3. The number of imide groups is 4. The van der Waals surface area contributed by atoms with Crippen molar-refractivity contribution in [3.8, 4) is 0 Å². The maximum atomic E-state index is 13.2. The zero-order valence-electron chi connectivity index (χ0n) is 65.9. The number of nitrogen functional groups attached to an aromatic ring is 1. The number of aliphatic hydroxyl groups excluding tert-OH is 1. The van der Waals surface area contributed by atoms with Crippen LogP contribution >= 0.6 is 10.7 Å². The number of piperidine rings is 7. The quantitative estimate of drug-likeness (QED) is 0.0363. The van der Waals surface area contributed by atoms with Gasteiger partial charge >= 0.3 is 0 Å². The second kappa shape index (κ2) is 43.1. The number of Topliss-reactive ketones (excluding diaryl/α,β-unsaturated/α-hetero) is 1. The van der Waals surface area contributed by atoms with Gasteiger partial charge in [-0.15, -0.1) is 0 Å². The second-order valence-electron chi connectivity index (χ2n) is 28.5. The second-order valence-corrected chi connectivity index (χ2v) is 33.2. The Bertz CT molecular complexity index is 4700. The Hall–Kier alpha value is -11.3. The number of aromatic amines is 1. The van der Waals surface area contributed by atoms with Crippen molar-refractivity contribution < 1.29 is 103 Å². The van der Waals surface area contributed by atoms with E-state index in [1.54, 1.807) is 78.3 Å². The molecule has 14 rings (SSSR count). The Morgan fingerprint density at radius 1 is 0.538 bits per heavy atom. The number of ketones is 1. The molecule has 12 heterocycles. The average Bonchev–Trinajstić information content (AvgIpc) is 1.61. The van der Waals surface area contributed by atoms with Crippen molar-refractivity contribution in [3.05, 3.63) is 113 Å². The number of hydrogen-bond donors (Lipinski definition) is 6. The third-order valence-electron chi connectivity index (χ3n) is 20.0. The van der Waals surface area contributed by atoms with Crippen LogP contribution in [-0.2, 0) is 77.8 Å². The number of aromatic nitrogens is 6. The molecule has 0 aliphatic carbocycles. The number of aldehydes is 2. The van der Waals surface area contributed by atoms with E-state index in [1.165, 1.54) is 38.4 Å². The molecule has 5 aromatic rings. The lowest BCUT2D eigenvalue weighted by Crippen LogP contribution is -2.54. The summed E-state index contributed by atoms with van der Waals surface area (Å²) >= 11 is 0. The molecule has 9 aliphatic rings. The van der Waals surface area contributed by atoms with Gasteiger partial charge in [0.2, 0.25) is 62.2 Å². The largest absolute Gasteiger partial charge is 0.398 e. The van der Waals surface area contributed by atoms with Gasteiger partial charge in [0.15, 0.2) is 12.6 Å². The minimum absolute atomic E-state index is 0.0304. The van der Waals surface area contributed by atoms with Crippen LogP contribution in [0.5, 0.6) is 0 Å². The molecule has 0 saturated carbocycles. The van der Waals surface area contributed by atoms with E-state index >= 15 is 0 Å². The molecule has 13 amide bonds. The van der Waals surface area contributed by atoms with Crippen molar-refractivity contribution in [1.29, 1.82) is 0 Å². The molecule has 9 aliphatic heterocycles. The number of fused-ring (bicyclic) bond motifs is 2. The van der Waals surface area contributed by atoms with E-state index in [4.69, 9.17) is 15.0 Å². The number of carbonyl (C=O) groups is 16. The number of carbonyl (C=O) groups excluding carboxylic acids is 16. The highest BCUT2D eigenvalue weighted by molar-refractivity contribution is 8.13. The first-order valence-corrected chi connectivity index (χ1v) is 42.2. The maximum Gasteiger partial charge on any atom is 0.264 e. The monoisotopic (exact) mass is 1690 g/mol. The van der Waals surface area contributed by atoms with Crippen LogP contribution in [0.15, 0.2) is 73.6 Å². The normalized spacial score (nSPS) is 19.2. The van der Waals surface area contributed by atoms with Gasteiger partial charge in [0, 0.05) is 179 Å². The number of nitrogens with one attached hydrogen (secondary N) is 4. The highest BCUT2D eigenvalue weighted by Gasteiger charge is 2.47. The fourth-order valence-electron chi connectivity index (χ4n) is 13.7. The molecule has 39 nitrogen and oxygen atoms in total. The summed E-state index contributed by atoms with van der Waals surface area (Å²) in [5, 5.41) is 31.3. The first-order chi connectivity index (χ1) is 55.2. The predicted molar refractivity (Wildman–Crippen MR) is 419 cm³/mol. The molecule has 2 unspecified atom stereocenters. The molecule has 2 atom stereocenters. The van der Waals surface area contributed by atoms with Gasteiger partial charge in [-0.2, -0.15) is 23.7 Å². The molecular formula is C75H98ClN17O22S2. The summed E-state index contributed by atoms with van der Waals surface area (Å²) in [5.41, 5.74) is 9.31. The minimum atomic E-state index is -3.36. The number of benzene rings is 2. The van der Waals surface area contributed by atoms with E-state index in [0.717, 1.165) is 105 Å². The van der Waals surface area contributed by atoms with Gasteiger partial charge in [0.25, 0.3) is 33.7 Å². The Morgan fingerprint density at radius 2 is 0.949 bits per heavy atom. The summed E-state index contributed by atoms with van der Waals surface area (Å²) in [7, 11) is -2.06. The van der Waals surface area contributed by atoms with Crippen molar-refractivity contribution in [1.82, 2.24) is 74.7 Å². The smallest absolute Gasteiger partial charge is 0.264 e. The van der Waals surface area contributed by atoms with Gasteiger partial charge in [-0.25, -0.2) is 8.42 Å². The number of rotatable bonds is 11. The summed E-state index contributed by atoms with van der Waals surface area (Å²) in [6.07, 6.45) is 20.8. The molecule has 7 saturated heterocycles. The number of aliphatic hydroxyl groups is 1. The van der Waals surface area contributed by atoms with Crippen LogP contribution in [0.4, 0.5) is 11.4 Å². The molecule has 7 fully saturated rings. The van der Waals surface area contributed by atoms with Crippen molar-refractivity contribution in [2.75, 3.05) is 89.0 Å². The lowest BCUT2D eigenvalue weighted by atomic mass is 10.0.